The van der Waals surface area contributed by atoms with Gasteiger partial charge in [0.2, 0.25) is 11.8 Å². The Morgan fingerprint density at radius 1 is 1.18 bits per heavy atom. The van der Waals surface area contributed by atoms with Crippen LogP contribution < -0.4 is 15.8 Å². The zero-order valence-electron chi connectivity index (χ0n) is 15.0. The molecule has 0 radical (unpaired) electrons. The van der Waals surface area contributed by atoms with Crippen molar-refractivity contribution in [1.29, 1.82) is 0 Å². The Morgan fingerprint density at radius 2 is 1.82 bits per heavy atom. The molecule has 1 heterocycles. The second-order valence-corrected chi connectivity index (χ2v) is 5.81. The molecule has 2 atom stereocenters. The summed E-state index contributed by atoms with van der Waals surface area (Å²) in [7, 11) is 0. The number of halogens is 5. The standard InChI is InChI=1S/C18H20F3N3O2.2ClH/c1-12(15(22)13-6-3-2-4-7-13)16(25)24-10-14-8-5-9-23-17(14)26-11-18(19,20)21;;/h2-9,12,15H,10-11,22H2,1H3,(H,24,25);2*1H. The van der Waals surface area contributed by atoms with Crippen molar-refractivity contribution in [3.63, 3.8) is 0 Å². The maximum Gasteiger partial charge on any atom is 0.422 e. The lowest BCUT2D eigenvalue weighted by molar-refractivity contribution is -0.154. The van der Waals surface area contributed by atoms with E-state index >= 15 is 0 Å². The number of pyridine rings is 1. The molecule has 0 aliphatic heterocycles. The van der Waals surface area contributed by atoms with Crippen molar-refractivity contribution >= 4 is 30.7 Å². The fourth-order valence-corrected chi connectivity index (χ4v) is 2.31. The van der Waals surface area contributed by atoms with Crippen LogP contribution in [0.2, 0.25) is 0 Å². The molecule has 0 saturated heterocycles. The van der Waals surface area contributed by atoms with Crippen molar-refractivity contribution in [2.75, 3.05) is 6.61 Å². The summed E-state index contributed by atoms with van der Waals surface area (Å²) in [4.78, 5) is 16.1. The van der Waals surface area contributed by atoms with Crippen LogP contribution in [0, 0.1) is 5.92 Å². The van der Waals surface area contributed by atoms with Gasteiger partial charge >= 0.3 is 6.18 Å². The lowest BCUT2D eigenvalue weighted by Gasteiger charge is -2.20. The summed E-state index contributed by atoms with van der Waals surface area (Å²) in [5.41, 5.74) is 7.29. The quantitative estimate of drug-likeness (QED) is 0.687. The van der Waals surface area contributed by atoms with Crippen molar-refractivity contribution < 1.29 is 22.7 Å². The van der Waals surface area contributed by atoms with Gasteiger partial charge < -0.3 is 15.8 Å². The van der Waals surface area contributed by atoms with Crippen molar-refractivity contribution in [1.82, 2.24) is 10.3 Å². The molecular weight excluding hydrogens is 418 g/mol. The Kier molecular flexibility index (Phi) is 10.9. The highest BCUT2D eigenvalue weighted by Gasteiger charge is 2.29. The van der Waals surface area contributed by atoms with E-state index in [1.807, 2.05) is 30.3 Å². The molecule has 0 bridgehead atoms. The van der Waals surface area contributed by atoms with Crippen LogP contribution in [-0.2, 0) is 11.3 Å². The lowest BCUT2D eigenvalue weighted by Crippen LogP contribution is -2.35. The third-order valence-corrected chi connectivity index (χ3v) is 3.81. The fraction of sp³-hybridized carbons (Fsp3) is 0.333. The first-order valence-electron chi connectivity index (χ1n) is 7.99. The zero-order valence-corrected chi connectivity index (χ0v) is 16.6. The Hall–Kier alpha value is -2.03. The van der Waals surface area contributed by atoms with Crippen LogP contribution in [0.25, 0.3) is 0 Å². The fourth-order valence-electron chi connectivity index (χ4n) is 2.31. The Labute approximate surface area is 173 Å². The predicted octanol–water partition coefficient (Wildman–Crippen LogP) is 3.82. The van der Waals surface area contributed by atoms with Gasteiger partial charge in [0, 0.05) is 24.3 Å². The van der Waals surface area contributed by atoms with Crippen molar-refractivity contribution in [3.05, 3.63) is 59.8 Å². The van der Waals surface area contributed by atoms with Gasteiger partial charge in [-0.25, -0.2) is 4.98 Å². The molecule has 2 rings (SSSR count). The second kappa shape index (κ2) is 11.7. The van der Waals surface area contributed by atoms with Crippen LogP contribution in [0.5, 0.6) is 5.88 Å². The van der Waals surface area contributed by atoms with Gasteiger partial charge in [-0.1, -0.05) is 43.3 Å². The summed E-state index contributed by atoms with van der Waals surface area (Å²) < 4.78 is 41.6. The third-order valence-electron chi connectivity index (χ3n) is 3.81. The van der Waals surface area contributed by atoms with Crippen LogP contribution in [0.3, 0.4) is 0 Å². The number of hydrogen-bond donors (Lipinski definition) is 2. The first-order chi connectivity index (χ1) is 12.3. The van der Waals surface area contributed by atoms with Gasteiger partial charge in [0.1, 0.15) is 0 Å². The molecule has 2 unspecified atom stereocenters. The number of carbonyl (C=O) groups excluding carboxylic acids is 1. The van der Waals surface area contributed by atoms with Gasteiger partial charge in [-0.15, -0.1) is 24.8 Å². The second-order valence-electron chi connectivity index (χ2n) is 5.81. The minimum atomic E-state index is -4.46. The molecule has 5 nitrogen and oxygen atoms in total. The van der Waals surface area contributed by atoms with Crippen LogP contribution in [-0.4, -0.2) is 23.7 Å². The molecule has 0 aliphatic rings. The molecule has 3 N–H and O–H groups in total. The summed E-state index contributed by atoms with van der Waals surface area (Å²) in [5.74, 6) is -0.995. The van der Waals surface area contributed by atoms with E-state index in [9.17, 15) is 18.0 Å². The number of alkyl halides is 3. The van der Waals surface area contributed by atoms with E-state index in [4.69, 9.17) is 10.5 Å². The molecule has 2 aromatic rings. The normalized spacial score (nSPS) is 12.8. The summed E-state index contributed by atoms with van der Waals surface area (Å²) in [6.45, 7) is 0.239. The number of amides is 1. The van der Waals surface area contributed by atoms with E-state index in [-0.39, 0.29) is 43.1 Å². The monoisotopic (exact) mass is 439 g/mol. The van der Waals surface area contributed by atoms with Crippen LogP contribution in [0.4, 0.5) is 13.2 Å². The third kappa shape index (κ3) is 7.92. The SMILES string of the molecule is CC(C(=O)NCc1cccnc1OCC(F)(F)F)C(N)c1ccccc1.Cl.Cl. The number of carbonyl (C=O) groups is 1. The Bertz CT molecular complexity index is 734. The van der Waals surface area contributed by atoms with Gasteiger partial charge in [0.15, 0.2) is 6.61 Å². The largest absolute Gasteiger partial charge is 0.468 e. The number of nitrogens with two attached hydrogens (primary N) is 1. The average molecular weight is 440 g/mol. The summed E-state index contributed by atoms with van der Waals surface area (Å²) in [5, 5.41) is 2.67. The van der Waals surface area contributed by atoms with Crippen LogP contribution >= 0.6 is 24.8 Å². The minimum Gasteiger partial charge on any atom is -0.468 e. The summed E-state index contributed by atoms with van der Waals surface area (Å²) >= 11 is 0. The van der Waals surface area contributed by atoms with Crippen molar-refractivity contribution in [3.8, 4) is 5.88 Å². The van der Waals surface area contributed by atoms with Crippen LogP contribution in [0.15, 0.2) is 48.7 Å². The smallest absolute Gasteiger partial charge is 0.422 e. The predicted molar refractivity (Wildman–Crippen MR) is 105 cm³/mol. The van der Waals surface area contributed by atoms with E-state index in [1.54, 1.807) is 19.1 Å². The number of benzene rings is 1. The number of nitrogens with zero attached hydrogens (tertiary/aromatic N) is 1. The molecule has 10 heteroatoms. The number of ether oxygens (including phenoxy) is 1. The van der Waals surface area contributed by atoms with Gasteiger partial charge in [0.25, 0.3) is 0 Å². The molecule has 28 heavy (non-hydrogen) atoms. The molecule has 156 valence electrons. The highest BCUT2D eigenvalue weighted by molar-refractivity contribution is 5.85. The number of nitrogens with one attached hydrogen (secondary N) is 1. The lowest BCUT2D eigenvalue weighted by atomic mass is 9.94. The van der Waals surface area contributed by atoms with Gasteiger partial charge in [-0.05, 0) is 11.6 Å². The van der Waals surface area contributed by atoms with E-state index in [0.29, 0.717) is 5.56 Å². The maximum absolute atomic E-state index is 12.3. The number of rotatable bonds is 7. The molecule has 0 fully saturated rings. The summed E-state index contributed by atoms with van der Waals surface area (Å²) in [6.07, 6.45) is -3.14. The van der Waals surface area contributed by atoms with Crippen molar-refractivity contribution in [2.24, 2.45) is 11.7 Å². The highest BCUT2D eigenvalue weighted by atomic mass is 35.5. The van der Waals surface area contributed by atoms with E-state index < -0.39 is 24.7 Å². The Morgan fingerprint density at radius 3 is 2.43 bits per heavy atom. The zero-order chi connectivity index (χ0) is 19.2. The number of aromatic nitrogens is 1. The van der Waals surface area contributed by atoms with E-state index in [0.717, 1.165) is 5.56 Å². The molecule has 1 aromatic heterocycles. The highest BCUT2D eigenvalue weighted by Crippen LogP contribution is 2.21. The molecule has 1 aromatic carbocycles. The summed E-state index contributed by atoms with van der Waals surface area (Å²) in [6, 6.07) is 11.8. The molecule has 0 saturated carbocycles. The van der Waals surface area contributed by atoms with Gasteiger partial charge in [-0.2, -0.15) is 13.2 Å². The topological polar surface area (TPSA) is 77.2 Å². The van der Waals surface area contributed by atoms with Gasteiger partial charge in [-0.3, -0.25) is 4.79 Å². The molecule has 0 spiro atoms. The molecule has 1 amide bonds. The first kappa shape index (κ1) is 26.0. The van der Waals surface area contributed by atoms with Crippen molar-refractivity contribution in [2.45, 2.75) is 25.7 Å². The first-order valence-corrected chi connectivity index (χ1v) is 7.99. The van der Waals surface area contributed by atoms with Crippen LogP contribution in [0.1, 0.15) is 24.1 Å². The maximum atomic E-state index is 12.3. The van der Waals surface area contributed by atoms with E-state index in [2.05, 4.69) is 10.3 Å². The molecular formula is C18H22Cl2F3N3O2. The van der Waals surface area contributed by atoms with Gasteiger partial charge in [0.05, 0.1) is 5.92 Å². The minimum absolute atomic E-state index is 0. The average Bonchev–Trinajstić information content (AvgIpc) is 2.64. The molecule has 0 aliphatic carbocycles. The number of hydrogen-bond acceptors (Lipinski definition) is 4. The Balaban J connectivity index is 0.00000364. The van der Waals surface area contributed by atoms with E-state index in [1.165, 1.54) is 6.20 Å².